The topological polar surface area (TPSA) is 115 Å². The van der Waals surface area contributed by atoms with Crippen molar-refractivity contribution in [2.75, 3.05) is 7.05 Å². The standard InChI is InChI=1S/C31H33BrF3N7O2/c1-17(2)11-21-15-38-42-27-16-40(29(43)20-7-10-25(32)24(13-20)31(33,34)35)18(3)12-23(27)30(44)41(28(21)42)22-8-5-19(6-9-22)26(14-36)39(4)37/h5-10,13-15,17-18H,11-12,16,36-37H2,1-4H3/b26-14-. The Balaban J connectivity index is 1.64. The summed E-state index contributed by atoms with van der Waals surface area (Å²) in [4.78, 5) is 29.4. The number of aromatic nitrogens is 3. The van der Waals surface area contributed by atoms with Gasteiger partial charge in [-0.25, -0.2) is 10.4 Å². The maximum atomic E-state index is 14.3. The van der Waals surface area contributed by atoms with Crippen LogP contribution in [0.5, 0.6) is 0 Å². The van der Waals surface area contributed by atoms with Crippen LogP contribution in [-0.4, -0.2) is 43.1 Å². The number of rotatable bonds is 6. The van der Waals surface area contributed by atoms with Gasteiger partial charge in [0.2, 0.25) is 0 Å². The average Bonchev–Trinajstić information content (AvgIpc) is 3.35. The molecule has 0 saturated heterocycles. The van der Waals surface area contributed by atoms with Crippen LogP contribution in [-0.2, 0) is 25.6 Å². The van der Waals surface area contributed by atoms with E-state index in [0.717, 1.165) is 17.2 Å². The van der Waals surface area contributed by atoms with Gasteiger partial charge in [0, 0.05) is 46.0 Å². The van der Waals surface area contributed by atoms with Crippen LogP contribution in [0, 0.1) is 5.92 Å². The zero-order valence-corrected chi connectivity index (χ0v) is 26.3. The summed E-state index contributed by atoms with van der Waals surface area (Å²) in [7, 11) is 1.68. The molecule has 5 rings (SSSR count). The Morgan fingerprint density at radius 3 is 2.43 bits per heavy atom. The molecule has 0 aliphatic carbocycles. The van der Waals surface area contributed by atoms with Crippen LogP contribution in [0.2, 0.25) is 0 Å². The fourth-order valence-corrected chi connectivity index (χ4v) is 6.19. The van der Waals surface area contributed by atoms with E-state index in [1.54, 1.807) is 29.3 Å². The van der Waals surface area contributed by atoms with Gasteiger partial charge in [-0.1, -0.05) is 41.9 Å². The van der Waals surface area contributed by atoms with Crippen molar-refractivity contribution in [3.63, 3.8) is 0 Å². The predicted octanol–water partition coefficient (Wildman–Crippen LogP) is 5.11. The molecule has 1 unspecified atom stereocenters. The Labute approximate surface area is 260 Å². The van der Waals surface area contributed by atoms with Gasteiger partial charge in [-0.15, -0.1) is 0 Å². The number of halogens is 4. The molecule has 1 atom stereocenters. The van der Waals surface area contributed by atoms with E-state index in [0.29, 0.717) is 34.7 Å². The molecule has 1 amide bonds. The number of hydrogen-bond acceptors (Lipinski definition) is 6. The second-order valence-electron chi connectivity index (χ2n) is 11.5. The van der Waals surface area contributed by atoms with Crippen LogP contribution in [0.25, 0.3) is 17.0 Å². The summed E-state index contributed by atoms with van der Waals surface area (Å²) in [5.41, 5.74) is 8.96. The average molecular weight is 673 g/mol. The molecule has 2 aromatic heterocycles. The molecule has 0 bridgehead atoms. The smallest absolute Gasteiger partial charge is 0.403 e. The van der Waals surface area contributed by atoms with Crippen molar-refractivity contribution < 1.29 is 18.0 Å². The van der Waals surface area contributed by atoms with Crippen molar-refractivity contribution in [1.82, 2.24) is 24.1 Å². The minimum atomic E-state index is -4.63. The zero-order valence-electron chi connectivity index (χ0n) is 24.7. The van der Waals surface area contributed by atoms with Gasteiger partial charge in [0.15, 0.2) is 0 Å². The van der Waals surface area contributed by atoms with Gasteiger partial charge in [-0.05, 0) is 56.0 Å². The number of nitrogens with zero attached hydrogens (tertiary/aromatic N) is 5. The molecule has 232 valence electrons. The summed E-state index contributed by atoms with van der Waals surface area (Å²) in [6, 6.07) is 10.3. The summed E-state index contributed by atoms with van der Waals surface area (Å²) in [6.45, 7) is 5.93. The quantitative estimate of drug-likeness (QED) is 0.217. The van der Waals surface area contributed by atoms with Gasteiger partial charge in [0.25, 0.3) is 11.5 Å². The highest BCUT2D eigenvalue weighted by Crippen LogP contribution is 2.36. The molecular formula is C31H33BrF3N7O2. The van der Waals surface area contributed by atoms with E-state index in [2.05, 4.69) is 34.9 Å². The van der Waals surface area contributed by atoms with Crippen molar-refractivity contribution in [3.05, 3.63) is 103 Å². The predicted molar refractivity (Wildman–Crippen MR) is 166 cm³/mol. The van der Waals surface area contributed by atoms with E-state index in [9.17, 15) is 22.8 Å². The van der Waals surface area contributed by atoms with Crippen molar-refractivity contribution in [2.24, 2.45) is 17.5 Å². The first kappa shape index (κ1) is 31.3. The van der Waals surface area contributed by atoms with E-state index in [4.69, 9.17) is 11.6 Å². The van der Waals surface area contributed by atoms with Gasteiger partial charge in [-0.3, -0.25) is 14.2 Å². The highest BCUT2D eigenvalue weighted by Gasteiger charge is 2.36. The molecule has 1 aliphatic heterocycles. The molecular weight excluding hydrogens is 639 g/mol. The molecule has 4 N–H and O–H groups in total. The lowest BCUT2D eigenvalue weighted by Crippen LogP contribution is -2.46. The maximum absolute atomic E-state index is 14.3. The van der Waals surface area contributed by atoms with E-state index in [1.165, 1.54) is 28.2 Å². The van der Waals surface area contributed by atoms with Gasteiger partial charge >= 0.3 is 6.18 Å². The fraction of sp³-hybridized carbons (Fsp3) is 0.323. The van der Waals surface area contributed by atoms with E-state index >= 15 is 0 Å². The summed E-state index contributed by atoms with van der Waals surface area (Å²) in [5.74, 6) is 5.62. The summed E-state index contributed by atoms with van der Waals surface area (Å²) >= 11 is 2.94. The minimum Gasteiger partial charge on any atom is -0.403 e. The highest BCUT2D eigenvalue weighted by molar-refractivity contribution is 9.10. The number of benzene rings is 2. The molecule has 3 heterocycles. The molecule has 0 saturated carbocycles. The molecule has 13 heteroatoms. The number of amides is 1. The van der Waals surface area contributed by atoms with Gasteiger partial charge in [0.05, 0.1) is 35.4 Å². The monoisotopic (exact) mass is 671 g/mol. The lowest BCUT2D eigenvalue weighted by atomic mass is 9.97. The van der Waals surface area contributed by atoms with E-state index in [-0.39, 0.29) is 34.5 Å². The number of hydrazine groups is 1. The first-order valence-electron chi connectivity index (χ1n) is 14.0. The first-order valence-corrected chi connectivity index (χ1v) is 14.8. The second-order valence-corrected chi connectivity index (χ2v) is 12.3. The lowest BCUT2D eigenvalue weighted by molar-refractivity contribution is -0.138. The molecule has 4 aromatic rings. The highest BCUT2D eigenvalue weighted by atomic mass is 79.9. The molecule has 0 fully saturated rings. The minimum absolute atomic E-state index is 0.00849. The molecule has 1 aliphatic rings. The Morgan fingerprint density at radius 1 is 1.18 bits per heavy atom. The number of carbonyl (C=O) groups is 1. The summed E-state index contributed by atoms with van der Waals surface area (Å²) < 4.78 is 44.0. The van der Waals surface area contributed by atoms with Crippen LogP contribution in [0.4, 0.5) is 13.2 Å². The number of alkyl halides is 3. The van der Waals surface area contributed by atoms with E-state index in [1.807, 2.05) is 24.3 Å². The Morgan fingerprint density at radius 2 is 1.84 bits per heavy atom. The SMILES string of the molecule is CC(C)Cc1cnn2c3c(c(=O)n(-c4ccc(/C(=C/N)N(C)N)cc4)c12)CC(C)N(C(=O)c1ccc(Br)c(C(F)(F)F)c1)C3. The molecule has 9 nitrogen and oxygen atoms in total. The van der Waals surface area contributed by atoms with Gasteiger partial charge in [-0.2, -0.15) is 18.3 Å². The zero-order chi connectivity index (χ0) is 32.1. The van der Waals surface area contributed by atoms with Crippen molar-refractivity contribution in [1.29, 1.82) is 0 Å². The van der Waals surface area contributed by atoms with Crippen molar-refractivity contribution in [2.45, 2.75) is 52.4 Å². The second kappa shape index (κ2) is 11.8. The van der Waals surface area contributed by atoms with E-state index < -0.39 is 23.7 Å². The summed E-state index contributed by atoms with van der Waals surface area (Å²) in [5, 5.41) is 6.06. The number of fused-ring (bicyclic) bond motifs is 3. The molecule has 0 spiro atoms. The molecule has 0 radical (unpaired) electrons. The van der Waals surface area contributed by atoms with Gasteiger partial charge < -0.3 is 15.6 Å². The van der Waals surface area contributed by atoms with Gasteiger partial charge in [0.1, 0.15) is 5.65 Å². The van der Waals surface area contributed by atoms with Crippen molar-refractivity contribution in [3.8, 4) is 5.69 Å². The Bertz CT molecular complexity index is 1830. The number of hydrogen-bond donors (Lipinski definition) is 2. The van der Waals surface area contributed by atoms with Crippen LogP contribution < -0.4 is 17.1 Å². The molecule has 44 heavy (non-hydrogen) atoms. The number of nitrogens with two attached hydrogens (primary N) is 2. The molecule has 2 aromatic carbocycles. The Kier molecular flexibility index (Phi) is 8.38. The van der Waals surface area contributed by atoms with Crippen LogP contribution >= 0.6 is 15.9 Å². The van der Waals surface area contributed by atoms with Crippen LogP contribution in [0.1, 0.15) is 59.1 Å². The van der Waals surface area contributed by atoms with Crippen molar-refractivity contribution >= 4 is 33.2 Å². The fourth-order valence-electron chi connectivity index (χ4n) is 5.72. The van der Waals surface area contributed by atoms with Crippen LogP contribution in [0.15, 0.2) is 64.1 Å². The first-order chi connectivity index (χ1) is 20.7. The lowest BCUT2D eigenvalue weighted by Gasteiger charge is -2.35. The Hall–Kier alpha value is -4.10. The largest absolute Gasteiger partial charge is 0.417 e. The summed E-state index contributed by atoms with van der Waals surface area (Å²) in [6.07, 6.45) is -0.644. The normalized spacial score (nSPS) is 15.6. The maximum Gasteiger partial charge on any atom is 0.417 e. The third-order valence-corrected chi connectivity index (χ3v) is 8.50. The number of carbonyl (C=O) groups excluding carboxylic acids is 1. The third-order valence-electron chi connectivity index (χ3n) is 7.81. The third kappa shape index (κ3) is 5.61. The van der Waals surface area contributed by atoms with Crippen LogP contribution in [0.3, 0.4) is 0 Å².